The molecule has 1 amide bonds. The summed E-state index contributed by atoms with van der Waals surface area (Å²) in [6.07, 6.45) is 6.07. The molecule has 0 saturated carbocycles. The largest absolute Gasteiger partial charge is 0.348 e. The van der Waals surface area contributed by atoms with E-state index in [-0.39, 0.29) is 11.9 Å². The third kappa shape index (κ3) is 2.31. The van der Waals surface area contributed by atoms with Crippen molar-refractivity contribution in [2.24, 2.45) is 0 Å². The Kier molecular flexibility index (Phi) is 3.65. The third-order valence-corrected chi connectivity index (χ3v) is 4.61. The quantitative estimate of drug-likeness (QED) is 0.745. The maximum Gasteiger partial charge on any atom is 0.256 e. The molecule has 1 unspecified atom stereocenters. The number of hydrogen-bond donors (Lipinski definition) is 0. The number of carbonyl (C=O) groups excluding carboxylic acids is 1. The Labute approximate surface area is 140 Å². The van der Waals surface area contributed by atoms with Crippen LogP contribution >= 0.6 is 0 Å². The number of para-hydroxylation sites is 1. The number of aromatic nitrogens is 4. The number of fused-ring (bicyclic) bond motifs is 1. The molecular formula is C18H19N5O. The molecule has 4 rings (SSSR count). The van der Waals surface area contributed by atoms with Crippen molar-refractivity contribution in [1.29, 1.82) is 0 Å². The fourth-order valence-corrected chi connectivity index (χ4v) is 3.48. The molecule has 1 atom stereocenters. The van der Waals surface area contributed by atoms with Gasteiger partial charge in [-0.15, -0.1) is 0 Å². The summed E-state index contributed by atoms with van der Waals surface area (Å²) in [5.41, 5.74) is 2.62. The molecule has 0 N–H and O–H groups in total. The lowest BCUT2D eigenvalue weighted by Gasteiger charge is -2.37. The van der Waals surface area contributed by atoms with Crippen molar-refractivity contribution in [1.82, 2.24) is 24.2 Å². The zero-order chi connectivity index (χ0) is 16.5. The molecule has 122 valence electrons. The highest BCUT2D eigenvalue weighted by molar-refractivity contribution is 5.98. The van der Waals surface area contributed by atoms with Crippen molar-refractivity contribution in [2.75, 3.05) is 6.54 Å². The highest BCUT2D eigenvalue weighted by atomic mass is 16.2. The molecular weight excluding hydrogens is 302 g/mol. The van der Waals surface area contributed by atoms with E-state index in [0.717, 1.165) is 18.7 Å². The van der Waals surface area contributed by atoms with Gasteiger partial charge in [-0.05, 0) is 30.7 Å². The Hall–Kier alpha value is -2.89. The SMILES string of the molecule is CCC1c2cccn2CCN1C(=O)c1ccccc1-n1cncn1. The van der Waals surface area contributed by atoms with E-state index in [4.69, 9.17) is 0 Å². The van der Waals surface area contributed by atoms with Crippen LogP contribution in [0.1, 0.15) is 35.4 Å². The summed E-state index contributed by atoms with van der Waals surface area (Å²) in [6.45, 7) is 3.66. The van der Waals surface area contributed by atoms with Crippen LogP contribution in [0.2, 0.25) is 0 Å². The molecule has 6 heteroatoms. The van der Waals surface area contributed by atoms with E-state index in [2.05, 4.69) is 39.9 Å². The maximum atomic E-state index is 13.3. The predicted molar refractivity (Wildman–Crippen MR) is 89.9 cm³/mol. The second-order valence-corrected chi connectivity index (χ2v) is 5.91. The van der Waals surface area contributed by atoms with Gasteiger partial charge in [0, 0.05) is 25.0 Å². The summed E-state index contributed by atoms with van der Waals surface area (Å²) in [6, 6.07) is 11.8. The smallest absolute Gasteiger partial charge is 0.256 e. The second kappa shape index (κ2) is 5.96. The zero-order valence-corrected chi connectivity index (χ0v) is 13.5. The van der Waals surface area contributed by atoms with E-state index in [9.17, 15) is 4.79 Å². The van der Waals surface area contributed by atoms with E-state index in [1.54, 1.807) is 11.0 Å². The maximum absolute atomic E-state index is 13.3. The lowest BCUT2D eigenvalue weighted by Crippen LogP contribution is -2.42. The first kappa shape index (κ1) is 14.7. The lowest BCUT2D eigenvalue weighted by molar-refractivity contribution is 0.0617. The highest BCUT2D eigenvalue weighted by Gasteiger charge is 2.31. The molecule has 1 aliphatic rings. The molecule has 0 aliphatic carbocycles. The van der Waals surface area contributed by atoms with Crippen molar-refractivity contribution in [2.45, 2.75) is 25.9 Å². The Bertz CT molecular complexity index is 852. The van der Waals surface area contributed by atoms with Gasteiger partial charge >= 0.3 is 0 Å². The van der Waals surface area contributed by atoms with Crippen molar-refractivity contribution >= 4 is 5.91 Å². The van der Waals surface area contributed by atoms with Crippen LogP contribution in [-0.2, 0) is 6.54 Å². The summed E-state index contributed by atoms with van der Waals surface area (Å²) in [5.74, 6) is 0.0420. The summed E-state index contributed by atoms with van der Waals surface area (Å²) >= 11 is 0. The molecule has 3 heterocycles. The van der Waals surface area contributed by atoms with Crippen molar-refractivity contribution < 1.29 is 4.79 Å². The second-order valence-electron chi connectivity index (χ2n) is 5.91. The minimum Gasteiger partial charge on any atom is -0.348 e. The van der Waals surface area contributed by atoms with Crippen molar-refractivity contribution in [3.8, 4) is 5.69 Å². The molecule has 0 saturated heterocycles. The van der Waals surface area contributed by atoms with Gasteiger partial charge in [0.05, 0.1) is 17.3 Å². The van der Waals surface area contributed by atoms with Crippen molar-refractivity contribution in [3.63, 3.8) is 0 Å². The first-order chi connectivity index (χ1) is 11.8. The number of benzene rings is 1. The van der Waals surface area contributed by atoms with E-state index in [1.165, 1.54) is 12.0 Å². The molecule has 2 aromatic heterocycles. The van der Waals surface area contributed by atoms with Gasteiger partial charge in [0.25, 0.3) is 5.91 Å². The molecule has 0 fully saturated rings. The van der Waals surface area contributed by atoms with Crippen LogP contribution in [-0.4, -0.2) is 36.7 Å². The topological polar surface area (TPSA) is 56.0 Å². The van der Waals surface area contributed by atoms with E-state index in [0.29, 0.717) is 12.1 Å². The molecule has 0 radical (unpaired) electrons. The summed E-state index contributed by atoms with van der Waals surface area (Å²) < 4.78 is 3.88. The van der Waals surface area contributed by atoms with Gasteiger partial charge in [-0.2, -0.15) is 5.10 Å². The predicted octanol–water partition coefficient (Wildman–Crippen LogP) is 2.68. The molecule has 24 heavy (non-hydrogen) atoms. The van der Waals surface area contributed by atoms with Crippen LogP contribution in [0.25, 0.3) is 5.69 Å². The van der Waals surface area contributed by atoms with Crippen molar-refractivity contribution in [3.05, 3.63) is 66.5 Å². The van der Waals surface area contributed by atoms with Gasteiger partial charge in [0.2, 0.25) is 0 Å². The third-order valence-electron chi connectivity index (χ3n) is 4.61. The zero-order valence-electron chi connectivity index (χ0n) is 13.5. The molecule has 0 spiro atoms. The average Bonchev–Trinajstić information content (AvgIpc) is 3.31. The van der Waals surface area contributed by atoms with Crippen LogP contribution in [0, 0.1) is 0 Å². The monoisotopic (exact) mass is 321 g/mol. The van der Waals surface area contributed by atoms with Gasteiger partial charge in [0.15, 0.2) is 0 Å². The standard InChI is InChI=1S/C18H19N5O/c1-2-15-17-8-5-9-21(17)10-11-22(15)18(24)14-6-3-4-7-16(14)23-13-19-12-20-23/h3-9,12-13,15H,2,10-11H2,1H3. The summed E-state index contributed by atoms with van der Waals surface area (Å²) in [5, 5.41) is 4.17. The minimum atomic E-state index is 0.0420. The molecule has 1 aliphatic heterocycles. The minimum absolute atomic E-state index is 0.0420. The summed E-state index contributed by atoms with van der Waals surface area (Å²) in [4.78, 5) is 19.2. The Morgan fingerprint density at radius 3 is 2.88 bits per heavy atom. The Morgan fingerprint density at radius 1 is 1.21 bits per heavy atom. The van der Waals surface area contributed by atoms with Gasteiger partial charge < -0.3 is 9.47 Å². The average molecular weight is 321 g/mol. The van der Waals surface area contributed by atoms with Crippen LogP contribution in [0.4, 0.5) is 0 Å². The van der Waals surface area contributed by atoms with Gasteiger partial charge in [-0.25, -0.2) is 9.67 Å². The van der Waals surface area contributed by atoms with Gasteiger partial charge in [0.1, 0.15) is 12.7 Å². The first-order valence-corrected chi connectivity index (χ1v) is 8.19. The number of carbonyl (C=O) groups is 1. The van der Waals surface area contributed by atoms with Crippen LogP contribution in [0.5, 0.6) is 0 Å². The van der Waals surface area contributed by atoms with E-state index < -0.39 is 0 Å². The van der Waals surface area contributed by atoms with Crippen LogP contribution < -0.4 is 0 Å². The normalized spacial score (nSPS) is 16.9. The number of amides is 1. The number of nitrogens with zero attached hydrogens (tertiary/aromatic N) is 5. The first-order valence-electron chi connectivity index (χ1n) is 8.19. The number of rotatable bonds is 3. The van der Waals surface area contributed by atoms with Gasteiger partial charge in [-0.3, -0.25) is 4.79 Å². The molecule has 6 nitrogen and oxygen atoms in total. The summed E-state index contributed by atoms with van der Waals surface area (Å²) in [7, 11) is 0. The highest BCUT2D eigenvalue weighted by Crippen LogP contribution is 2.30. The van der Waals surface area contributed by atoms with Crippen LogP contribution in [0.15, 0.2) is 55.2 Å². The molecule has 1 aromatic carbocycles. The Morgan fingerprint density at radius 2 is 2.08 bits per heavy atom. The van der Waals surface area contributed by atoms with E-state index >= 15 is 0 Å². The number of hydrogen-bond acceptors (Lipinski definition) is 3. The van der Waals surface area contributed by atoms with E-state index in [1.807, 2.05) is 29.2 Å². The Balaban J connectivity index is 1.73. The van der Waals surface area contributed by atoms with Gasteiger partial charge in [-0.1, -0.05) is 19.1 Å². The van der Waals surface area contributed by atoms with Crippen LogP contribution in [0.3, 0.4) is 0 Å². The fraction of sp³-hybridized carbons (Fsp3) is 0.278. The fourth-order valence-electron chi connectivity index (χ4n) is 3.48. The molecule has 3 aromatic rings. The molecule has 0 bridgehead atoms. The lowest BCUT2D eigenvalue weighted by atomic mass is 10.0.